The van der Waals surface area contributed by atoms with Crippen LogP contribution in [0.2, 0.25) is 0 Å². The van der Waals surface area contributed by atoms with Crippen LogP contribution in [0.25, 0.3) is 16.8 Å². The van der Waals surface area contributed by atoms with Crippen molar-refractivity contribution in [3.05, 3.63) is 102 Å². The van der Waals surface area contributed by atoms with Crippen LogP contribution in [-0.2, 0) is 0 Å². The van der Waals surface area contributed by atoms with Gasteiger partial charge in [-0.3, -0.25) is 5.01 Å². The van der Waals surface area contributed by atoms with E-state index in [2.05, 4.69) is 88.9 Å². The summed E-state index contributed by atoms with van der Waals surface area (Å²) in [5.74, 6) is 0. The molecule has 2 aliphatic heterocycles. The molecule has 3 nitrogen and oxygen atoms in total. The molecular weight excluding hydrogens is 306 g/mol. The molecule has 3 aromatic carbocycles. The van der Waals surface area contributed by atoms with Gasteiger partial charge >= 0.3 is 0 Å². The summed E-state index contributed by atoms with van der Waals surface area (Å²) >= 11 is 0. The minimum Gasteiger partial charge on any atom is -0.311 e. The number of rotatable bonds is 3. The molecule has 3 unspecified atom stereocenters. The molecule has 0 aromatic heterocycles. The van der Waals surface area contributed by atoms with Crippen LogP contribution in [0, 0.1) is 0 Å². The Bertz CT molecular complexity index is 917. The summed E-state index contributed by atoms with van der Waals surface area (Å²) in [5, 5.41) is 4.51. The van der Waals surface area contributed by atoms with Crippen molar-refractivity contribution in [3.8, 4) is 11.1 Å². The van der Waals surface area contributed by atoms with Gasteiger partial charge in [-0.25, -0.2) is 0 Å². The van der Waals surface area contributed by atoms with Crippen LogP contribution >= 0.6 is 0 Å². The quantitative estimate of drug-likeness (QED) is 0.732. The number of nitrogens with two attached hydrogens (primary N) is 1. The molecule has 0 aliphatic carbocycles. The van der Waals surface area contributed by atoms with Crippen LogP contribution in [0.15, 0.2) is 91.0 Å². The van der Waals surface area contributed by atoms with Gasteiger partial charge in [-0.2, -0.15) is 5.01 Å². The Morgan fingerprint density at radius 1 is 0.640 bits per heavy atom. The summed E-state index contributed by atoms with van der Waals surface area (Å²) < 4.78 is 0. The van der Waals surface area contributed by atoms with Crippen molar-refractivity contribution in [2.45, 2.75) is 12.3 Å². The summed E-state index contributed by atoms with van der Waals surface area (Å²) in [4.78, 5) is 0. The molecule has 122 valence electrons. The summed E-state index contributed by atoms with van der Waals surface area (Å²) in [5.41, 5.74) is 12.5. The number of hydrazine groups is 1. The lowest BCUT2D eigenvalue weighted by Gasteiger charge is -2.09. The molecule has 2 N–H and O–H groups in total. The zero-order valence-electron chi connectivity index (χ0n) is 13.8. The fourth-order valence-corrected chi connectivity index (χ4v) is 3.67. The molecule has 0 saturated carbocycles. The second kappa shape index (κ2) is 5.59. The second-order valence-electron chi connectivity index (χ2n) is 6.49. The average molecular weight is 325 g/mol. The van der Waals surface area contributed by atoms with Crippen LogP contribution in [0.4, 0.5) is 0 Å². The Morgan fingerprint density at radius 3 is 1.84 bits per heavy atom. The van der Waals surface area contributed by atoms with Gasteiger partial charge in [-0.1, -0.05) is 84.9 Å². The first-order chi connectivity index (χ1) is 12.3. The molecule has 0 amide bonds. The van der Waals surface area contributed by atoms with Crippen molar-refractivity contribution < 1.29 is 0 Å². The third kappa shape index (κ3) is 2.37. The zero-order valence-corrected chi connectivity index (χ0v) is 13.8. The Kier molecular flexibility index (Phi) is 3.23. The van der Waals surface area contributed by atoms with Crippen molar-refractivity contribution in [2.75, 3.05) is 0 Å². The van der Waals surface area contributed by atoms with Crippen LogP contribution in [0.3, 0.4) is 0 Å². The summed E-state index contributed by atoms with van der Waals surface area (Å²) in [6.07, 6.45) is 2.30. The van der Waals surface area contributed by atoms with E-state index in [1.54, 1.807) is 0 Å². The topological polar surface area (TPSA) is 32.0 Å². The Morgan fingerprint density at radius 2 is 1.20 bits per heavy atom. The van der Waals surface area contributed by atoms with E-state index >= 15 is 0 Å². The van der Waals surface area contributed by atoms with Gasteiger partial charge in [0, 0.05) is 0 Å². The Hall–Kier alpha value is -2.88. The molecule has 5 rings (SSSR count). The van der Waals surface area contributed by atoms with Crippen molar-refractivity contribution in [1.82, 2.24) is 10.0 Å². The van der Waals surface area contributed by atoms with Crippen molar-refractivity contribution in [2.24, 2.45) is 5.73 Å². The predicted octanol–water partition coefficient (Wildman–Crippen LogP) is 4.22. The molecule has 0 radical (unpaired) electrons. The number of fused-ring (bicyclic) bond motifs is 1. The summed E-state index contributed by atoms with van der Waals surface area (Å²) in [6.45, 7) is 0. The van der Waals surface area contributed by atoms with E-state index in [9.17, 15) is 0 Å². The van der Waals surface area contributed by atoms with Gasteiger partial charge in [-0.05, 0) is 28.3 Å². The van der Waals surface area contributed by atoms with Crippen LogP contribution < -0.4 is 5.73 Å². The molecule has 0 bridgehead atoms. The fraction of sp³-hybridized carbons (Fsp3) is 0.0909. The average Bonchev–Trinajstić information content (AvgIpc) is 3.34. The van der Waals surface area contributed by atoms with Crippen LogP contribution in [0.1, 0.15) is 17.3 Å². The molecular formula is C22H19N3. The van der Waals surface area contributed by atoms with E-state index in [-0.39, 0.29) is 12.3 Å². The van der Waals surface area contributed by atoms with Gasteiger partial charge in [0.2, 0.25) is 0 Å². The molecule has 1 fully saturated rings. The largest absolute Gasteiger partial charge is 0.311 e. The van der Waals surface area contributed by atoms with Gasteiger partial charge in [0.05, 0.1) is 11.9 Å². The summed E-state index contributed by atoms with van der Waals surface area (Å²) in [7, 11) is 0. The number of hydrogen-bond donors (Lipinski definition) is 1. The number of nitrogens with zero attached hydrogens (tertiary/aromatic N) is 2. The van der Waals surface area contributed by atoms with Crippen LogP contribution in [-0.4, -0.2) is 16.2 Å². The number of hydrogen-bond acceptors (Lipinski definition) is 3. The monoisotopic (exact) mass is 325 g/mol. The van der Waals surface area contributed by atoms with Gasteiger partial charge in [-0.15, -0.1) is 0 Å². The van der Waals surface area contributed by atoms with Crippen molar-refractivity contribution in [1.29, 1.82) is 0 Å². The number of benzene rings is 3. The highest BCUT2D eigenvalue weighted by molar-refractivity contribution is 5.69. The Labute approximate surface area is 147 Å². The highest BCUT2D eigenvalue weighted by Crippen LogP contribution is 2.52. The van der Waals surface area contributed by atoms with Crippen molar-refractivity contribution >= 4 is 5.70 Å². The molecule has 1 saturated heterocycles. The molecule has 25 heavy (non-hydrogen) atoms. The second-order valence-corrected chi connectivity index (χ2v) is 6.49. The lowest BCUT2D eigenvalue weighted by Crippen LogP contribution is -2.25. The van der Waals surface area contributed by atoms with Gasteiger partial charge < -0.3 is 5.73 Å². The molecule has 3 atom stereocenters. The SMILES string of the molecule is NC1C=C(c2ccccc2)N2C(c3ccc(-c4ccccc4)cc3)N12. The standard InChI is InChI=1S/C22H19N3/c23-21-15-20(18-9-5-2-6-10-18)24-22(25(21)24)19-13-11-17(12-14-19)16-7-3-1-4-8-16/h1-15,21-22H,23H2. The predicted molar refractivity (Wildman–Crippen MR) is 101 cm³/mol. The minimum atomic E-state index is -0.0611. The molecule has 2 aliphatic rings. The molecule has 2 heterocycles. The molecule has 3 heteroatoms. The maximum absolute atomic E-state index is 6.30. The van der Waals surface area contributed by atoms with E-state index < -0.39 is 0 Å². The van der Waals surface area contributed by atoms with Crippen LogP contribution in [0.5, 0.6) is 0 Å². The minimum absolute atomic E-state index is 0.0611. The third-order valence-electron chi connectivity index (χ3n) is 4.94. The first-order valence-electron chi connectivity index (χ1n) is 8.58. The van der Waals surface area contributed by atoms with E-state index in [0.717, 1.165) is 0 Å². The van der Waals surface area contributed by atoms with E-state index in [1.807, 2.05) is 12.1 Å². The highest BCUT2D eigenvalue weighted by Gasteiger charge is 2.54. The maximum atomic E-state index is 6.30. The van der Waals surface area contributed by atoms with Gasteiger partial charge in [0.15, 0.2) is 0 Å². The molecule has 0 spiro atoms. The molecule has 3 aromatic rings. The first-order valence-corrected chi connectivity index (χ1v) is 8.58. The smallest absolute Gasteiger partial charge is 0.143 e. The third-order valence-corrected chi connectivity index (χ3v) is 4.94. The van der Waals surface area contributed by atoms with E-state index in [4.69, 9.17) is 5.73 Å². The Balaban J connectivity index is 1.42. The lowest BCUT2D eigenvalue weighted by molar-refractivity contribution is 0.365. The van der Waals surface area contributed by atoms with Crippen molar-refractivity contribution in [3.63, 3.8) is 0 Å². The highest BCUT2D eigenvalue weighted by atomic mass is 15.9. The van der Waals surface area contributed by atoms with E-state index in [1.165, 1.54) is 28.0 Å². The van der Waals surface area contributed by atoms with E-state index in [0.29, 0.717) is 0 Å². The van der Waals surface area contributed by atoms with Gasteiger partial charge in [0.25, 0.3) is 0 Å². The fourth-order valence-electron chi connectivity index (χ4n) is 3.67. The first kappa shape index (κ1) is 14.5. The van der Waals surface area contributed by atoms with Gasteiger partial charge in [0.1, 0.15) is 6.17 Å². The lowest BCUT2D eigenvalue weighted by atomic mass is 10.0. The summed E-state index contributed by atoms with van der Waals surface area (Å²) in [6, 6.07) is 29.7. The normalized spacial score (nSPS) is 24.0. The maximum Gasteiger partial charge on any atom is 0.143 e. The zero-order chi connectivity index (χ0) is 16.8.